The number of rotatable bonds is 8. The van der Waals surface area contributed by atoms with Crippen LogP contribution in [0.15, 0.2) is 48.5 Å². The van der Waals surface area contributed by atoms with Crippen LogP contribution in [-0.4, -0.2) is 44.0 Å². The van der Waals surface area contributed by atoms with Crippen LogP contribution in [0.1, 0.15) is 5.56 Å². The van der Waals surface area contributed by atoms with Crippen LogP contribution in [0.5, 0.6) is 11.5 Å². The highest BCUT2D eigenvalue weighted by Crippen LogP contribution is 2.29. The molecule has 0 saturated carbocycles. The third-order valence-electron chi connectivity index (χ3n) is 3.71. The maximum atomic E-state index is 12.4. The van der Waals surface area contributed by atoms with E-state index in [-0.39, 0.29) is 24.0 Å². The molecule has 0 saturated heterocycles. The van der Waals surface area contributed by atoms with Crippen molar-refractivity contribution in [2.75, 3.05) is 26.0 Å². The summed E-state index contributed by atoms with van der Waals surface area (Å²) in [5.74, 6) is -0.785. The third kappa shape index (κ3) is 7.08. The Morgan fingerprint density at radius 2 is 1.86 bits per heavy atom. The molecule has 0 aliphatic rings. The summed E-state index contributed by atoms with van der Waals surface area (Å²) in [6.45, 7) is -3.13. The van der Waals surface area contributed by atoms with E-state index in [1.807, 2.05) is 0 Å². The molecule has 0 fully saturated rings. The van der Waals surface area contributed by atoms with Gasteiger partial charge in [-0.25, -0.2) is 0 Å². The topological polar surface area (TPSA) is 67.9 Å². The van der Waals surface area contributed by atoms with Crippen LogP contribution in [-0.2, 0) is 9.59 Å². The first-order valence-corrected chi connectivity index (χ1v) is 8.77. The Hall–Kier alpha value is -3.13. The second kappa shape index (κ2) is 10.4. The molecule has 0 atom stereocenters. The Labute approximate surface area is 171 Å². The molecule has 154 valence electrons. The largest absolute Gasteiger partial charge is 0.493 e. The fourth-order valence-corrected chi connectivity index (χ4v) is 2.43. The zero-order chi connectivity index (χ0) is 21.4. The summed E-state index contributed by atoms with van der Waals surface area (Å²) in [4.78, 5) is 25.5. The van der Waals surface area contributed by atoms with Gasteiger partial charge in [-0.05, 0) is 48.0 Å². The number of alkyl halides is 2. The lowest BCUT2D eigenvalue weighted by Gasteiger charge is -2.15. The van der Waals surface area contributed by atoms with E-state index in [1.165, 1.54) is 49.4 Å². The molecule has 0 heterocycles. The molecule has 2 aromatic carbocycles. The Morgan fingerprint density at radius 1 is 1.17 bits per heavy atom. The van der Waals surface area contributed by atoms with E-state index in [2.05, 4.69) is 10.1 Å². The van der Waals surface area contributed by atoms with Gasteiger partial charge < -0.3 is 19.7 Å². The summed E-state index contributed by atoms with van der Waals surface area (Å²) in [7, 11) is 2.80. The number of likely N-dealkylation sites (N-methyl/N-ethyl adjacent to an activating group) is 1. The van der Waals surface area contributed by atoms with Gasteiger partial charge in [0, 0.05) is 23.8 Å². The minimum atomic E-state index is -2.97. The van der Waals surface area contributed by atoms with Crippen LogP contribution in [0.25, 0.3) is 6.08 Å². The minimum Gasteiger partial charge on any atom is -0.493 e. The fourth-order valence-electron chi connectivity index (χ4n) is 2.30. The molecule has 6 nitrogen and oxygen atoms in total. The molecule has 1 N–H and O–H groups in total. The molecule has 29 heavy (non-hydrogen) atoms. The van der Waals surface area contributed by atoms with Gasteiger partial charge in [0.2, 0.25) is 11.8 Å². The summed E-state index contributed by atoms with van der Waals surface area (Å²) in [5.41, 5.74) is 1.10. The van der Waals surface area contributed by atoms with E-state index in [0.717, 1.165) is 0 Å². The molecule has 2 rings (SSSR count). The zero-order valence-electron chi connectivity index (χ0n) is 15.7. The number of amides is 2. The molecule has 0 bridgehead atoms. The first-order valence-electron chi connectivity index (χ1n) is 8.40. The number of nitrogens with one attached hydrogen (secondary N) is 1. The van der Waals surface area contributed by atoms with Crippen LogP contribution in [0.3, 0.4) is 0 Å². The smallest absolute Gasteiger partial charge is 0.387 e. The van der Waals surface area contributed by atoms with Gasteiger partial charge >= 0.3 is 6.61 Å². The Kier molecular flexibility index (Phi) is 7.97. The van der Waals surface area contributed by atoms with E-state index in [4.69, 9.17) is 16.3 Å². The number of hydrogen-bond acceptors (Lipinski definition) is 4. The van der Waals surface area contributed by atoms with E-state index < -0.39 is 12.5 Å². The van der Waals surface area contributed by atoms with Gasteiger partial charge in [-0.1, -0.05) is 17.7 Å². The first kappa shape index (κ1) is 22.2. The van der Waals surface area contributed by atoms with Crippen molar-refractivity contribution in [3.63, 3.8) is 0 Å². The van der Waals surface area contributed by atoms with Crippen LogP contribution in [0.2, 0.25) is 5.02 Å². The standard InChI is InChI=1S/C20H19ClF2N2O4/c1-25(12-18(26)24-15-7-5-14(21)6-8-15)19(27)10-4-13-3-9-16(29-20(22)23)17(11-13)28-2/h3-11,20H,12H2,1-2H3,(H,24,26). The molecular formula is C20H19ClF2N2O4. The van der Waals surface area contributed by atoms with Gasteiger partial charge in [0.15, 0.2) is 11.5 Å². The second-order valence-corrected chi connectivity index (χ2v) is 6.31. The molecule has 0 aliphatic carbocycles. The lowest BCUT2D eigenvalue weighted by Crippen LogP contribution is -2.33. The van der Waals surface area contributed by atoms with Crippen molar-refractivity contribution in [1.82, 2.24) is 4.90 Å². The normalized spacial score (nSPS) is 10.8. The van der Waals surface area contributed by atoms with E-state index in [9.17, 15) is 18.4 Å². The van der Waals surface area contributed by atoms with E-state index in [0.29, 0.717) is 16.3 Å². The third-order valence-corrected chi connectivity index (χ3v) is 3.96. The van der Waals surface area contributed by atoms with Gasteiger partial charge in [-0.15, -0.1) is 0 Å². The van der Waals surface area contributed by atoms with Crippen molar-refractivity contribution in [1.29, 1.82) is 0 Å². The average Bonchev–Trinajstić information content (AvgIpc) is 2.68. The SMILES string of the molecule is COc1cc(C=CC(=O)N(C)CC(=O)Nc2ccc(Cl)cc2)ccc1OC(F)F. The number of carbonyl (C=O) groups is 2. The molecule has 0 spiro atoms. The highest BCUT2D eigenvalue weighted by molar-refractivity contribution is 6.30. The molecule has 9 heteroatoms. The van der Waals surface area contributed by atoms with Crippen molar-refractivity contribution in [3.8, 4) is 11.5 Å². The van der Waals surface area contributed by atoms with E-state index >= 15 is 0 Å². The van der Waals surface area contributed by atoms with E-state index in [1.54, 1.807) is 24.3 Å². The summed E-state index contributed by atoms with van der Waals surface area (Å²) in [6, 6.07) is 10.8. The van der Waals surface area contributed by atoms with Gasteiger partial charge in [0.05, 0.1) is 13.7 Å². The highest BCUT2D eigenvalue weighted by Gasteiger charge is 2.12. The van der Waals surface area contributed by atoms with Crippen molar-refractivity contribution < 1.29 is 27.8 Å². The number of methoxy groups -OCH3 is 1. The number of hydrogen-bond donors (Lipinski definition) is 1. The molecule has 2 aromatic rings. The van der Waals surface area contributed by atoms with Crippen LogP contribution in [0, 0.1) is 0 Å². The van der Waals surface area contributed by atoms with Crippen molar-refractivity contribution >= 4 is 35.2 Å². The summed E-state index contributed by atoms with van der Waals surface area (Å²) < 4.78 is 34.1. The lowest BCUT2D eigenvalue weighted by atomic mass is 10.2. The van der Waals surface area contributed by atoms with Crippen molar-refractivity contribution in [2.45, 2.75) is 6.61 Å². The molecule has 0 unspecified atom stereocenters. The molecule has 0 radical (unpaired) electrons. The number of anilines is 1. The lowest BCUT2D eigenvalue weighted by molar-refractivity contribution is -0.129. The maximum absolute atomic E-state index is 12.4. The molecule has 0 aromatic heterocycles. The quantitative estimate of drug-likeness (QED) is 0.649. The summed E-state index contributed by atoms with van der Waals surface area (Å²) >= 11 is 5.79. The number of carbonyl (C=O) groups excluding carboxylic acids is 2. The first-order chi connectivity index (χ1) is 13.8. The summed E-state index contributed by atoms with van der Waals surface area (Å²) in [5, 5.41) is 3.21. The van der Waals surface area contributed by atoms with Crippen LogP contribution < -0.4 is 14.8 Å². The molecular weight excluding hydrogens is 406 g/mol. The second-order valence-electron chi connectivity index (χ2n) is 5.87. The van der Waals surface area contributed by atoms with Gasteiger partial charge in [-0.2, -0.15) is 8.78 Å². The van der Waals surface area contributed by atoms with Crippen molar-refractivity contribution in [3.05, 3.63) is 59.1 Å². The Morgan fingerprint density at radius 3 is 2.48 bits per heavy atom. The predicted molar refractivity (Wildman–Crippen MR) is 106 cm³/mol. The fraction of sp³-hybridized carbons (Fsp3) is 0.200. The van der Waals surface area contributed by atoms with Gasteiger partial charge in [0.25, 0.3) is 0 Å². The van der Waals surface area contributed by atoms with Crippen molar-refractivity contribution in [2.24, 2.45) is 0 Å². The summed E-state index contributed by atoms with van der Waals surface area (Å²) in [6.07, 6.45) is 2.74. The number of nitrogens with zero attached hydrogens (tertiary/aromatic N) is 1. The number of ether oxygens (including phenoxy) is 2. The Bertz CT molecular complexity index is 889. The molecule has 2 amide bonds. The number of benzene rings is 2. The maximum Gasteiger partial charge on any atom is 0.387 e. The number of halogens is 3. The monoisotopic (exact) mass is 424 g/mol. The predicted octanol–water partition coefficient (Wildman–Crippen LogP) is 4.06. The van der Waals surface area contributed by atoms with Crippen LogP contribution >= 0.6 is 11.6 Å². The van der Waals surface area contributed by atoms with Gasteiger partial charge in [-0.3, -0.25) is 9.59 Å². The van der Waals surface area contributed by atoms with Crippen LogP contribution in [0.4, 0.5) is 14.5 Å². The zero-order valence-corrected chi connectivity index (χ0v) is 16.5. The molecule has 0 aliphatic heterocycles. The highest BCUT2D eigenvalue weighted by atomic mass is 35.5. The minimum absolute atomic E-state index is 0.107. The average molecular weight is 425 g/mol. The van der Waals surface area contributed by atoms with Gasteiger partial charge in [0.1, 0.15) is 0 Å². The Balaban J connectivity index is 1.95.